The Balaban J connectivity index is 1.68. The molecule has 7 heteroatoms. The number of hydrogen-bond donors (Lipinski definition) is 1. The Hall–Kier alpha value is -3.88. The summed E-state index contributed by atoms with van der Waals surface area (Å²) in [6, 6.07) is 15.2. The van der Waals surface area contributed by atoms with E-state index < -0.39 is 0 Å². The van der Waals surface area contributed by atoms with E-state index in [0.29, 0.717) is 37.8 Å². The van der Waals surface area contributed by atoms with Crippen LogP contribution in [0.3, 0.4) is 0 Å². The summed E-state index contributed by atoms with van der Waals surface area (Å²) in [6.45, 7) is 10.4. The van der Waals surface area contributed by atoms with E-state index in [1.54, 1.807) is 14.2 Å². The lowest BCUT2D eigenvalue weighted by Gasteiger charge is -2.59. The van der Waals surface area contributed by atoms with Crippen LogP contribution in [-0.4, -0.2) is 33.2 Å². The Morgan fingerprint density at radius 3 is 2.44 bits per heavy atom. The maximum atomic E-state index is 12.4. The molecule has 0 heterocycles. The number of benzene rings is 2. The van der Waals surface area contributed by atoms with Crippen LogP contribution in [0.25, 0.3) is 10.4 Å². The van der Waals surface area contributed by atoms with Gasteiger partial charge in [-0.15, -0.1) is 12.3 Å². The zero-order chi connectivity index (χ0) is 32.6. The predicted molar refractivity (Wildman–Crippen MR) is 182 cm³/mol. The van der Waals surface area contributed by atoms with Crippen molar-refractivity contribution in [3.63, 3.8) is 0 Å². The molecule has 4 atom stereocenters. The molecule has 7 nitrogen and oxygen atoms in total. The van der Waals surface area contributed by atoms with Gasteiger partial charge in [-0.05, 0) is 76.6 Å². The Kier molecular flexibility index (Phi) is 11.3. The second-order valence-electron chi connectivity index (χ2n) is 13.7. The molecule has 0 aliphatic heterocycles. The van der Waals surface area contributed by atoms with Gasteiger partial charge in [0.15, 0.2) is 0 Å². The molecule has 1 fully saturated rings. The van der Waals surface area contributed by atoms with Crippen LogP contribution in [0.15, 0.2) is 59.2 Å². The second-order valence-corrected chi connectivity index (χ2v) is 13.7. The van der Waals surface area contributed by atoms with Crippen molar-refractivity contribution >= 4 is 5.91 Å². The van der Waals surface area contributed by atoms with E-state index in [-0.39, 0.29) is 28.6 Å². The van der Waals surface area contributed by atoms with Crippen molar-refractivity contribution in [2.45, 2.75) is 89.9 Å². The van der Waals surface area contributed by atoms with Crippen LogP contribution < -0.4 is 14.8 Å². The number of allylic oxidation sites excluding steroid dienone is 1. The average molecular weight is 611 g/mol. The van der Waals surface area contributed by atoms with Crippen molar-refractivity contribution in [3.8, 4) is 23.8 Å². The molecule has 0 spiro atoms. The lowest BCUT2D eigenvalue weighted by molar-refractivity contribution is -0.121. The number of terminal acetylenes is 1. The topological polar surface area (TPSA) is 96.3 Å². The summed E-state index contributed by atoms with van der Waals surface area (Å²) in [5, 5.41) is 6.81. The van der Waals surface area contributed by atoms with Crippen LogP contribution in [0.2, 0.25) is 0 Å². The molecule has 0 aromatic heterocycles. The van der Waals surface area contributed by atoms with Crippen molar-refractivity contribution < 1.29 is 14.3 Å². The van der Waals surface area contributed by atoms with E-state index in [1.807, 2.05) is 0 Å². The van der Waals surface area contributed by atoms with Crippen LogP contribution in [0.1, 0.15) is 101 Å². The lowest BCUT2D eigenvalue weighted by Crippen LogP contribution is -2.52. The van der Waals surface area contributed by atoms with Crippen molar-refractivity contribution in [2.24, 2.45) is 22.4 Å². The summed E-state index contributed by atoms with van der Waals surface area (Å²) in [5.74, 6) is 5.52. The summed E-state index contributed by atoms with van der Waals surface area (Å²) in [5.41, 5.74) is 13.3. The van der Waals surface area contributed by atoms with Crippen molar-refractivity contribution in [3.05, 3.63) is 81.2 Å². The molecule has 3 aliphatic rings. The number of ether oxygens (including phenoxy) is 2. The van der Waals surface area contributed by atoms with Crippen LogP contribution in [0.5, 0.6) is 11.5 Å². The number of rotatable bonds is 16. The fraction of sp³-hybridized carbons (Fsp3) is 0.553. The highest BCUT2D eigenvalue weighted by atomic mass is 16.5. The van der Waals surface area contributed by atoms with Crippen LogP contribution in [-0.2, 0) is 10.2 Å². The van der Waals surface area contributed by atoms with Crippen LogP contribution in [0, 0.1) is 29.6 Å². The number of amides is 1. The standard InChI is InChI=1S/C38H50N4O3/c1-8-9-19-35(43)40-25-27-21-29(32-24-31(27)38(32,4)5)36-33(44-6)22-28(23-34(36)45-7)37(2,3)30(26-16-12-10-13-17-26)18-14-11-15-20-41-42-39/h1,10,12-13,16-17,21-23,29-32H,9,11,14-15,18-20,24-25H2,2-7H3,(H,40,43)/t29-,30+,31+,32-/m0/s1. The number of carbonyl (C=O) groups is 1. The number of methoxy groups -OCH3 is 2. The molecule has 5 rings (SSSR count). The average Bonchev–Trinajstić information content (AvgIpc) is 3.05. The fourth-order valence-electron chi connectivity index (χ4n) is 7.82. The molecule has 240 valence electrons. The Labute approximate surface area is 269 Å². The van der Waals surface area contributed by atoms with Gasteiger partial charge in [-0.3, -0.25) is 4.79 Å². The molecule has 1 N–H and O–H groups in total. The first-order valence-corrected chi connectivity index (χ1v) is 16.3. The predicted octanol–water partition coefficient (Wildman–Crippen LogP) is 8.85. The minimum absolute atomic E-state index is 0.00459. The van der Waals surface area contributed by atoms with E-state index in [1.165, 1.54) is 16.7 Å². The van der Waals surface area contributed by atoms with E-state index in [2.05, 4.69) is 97.5 Å². The highest BCUT2D eigenvalue weighted by molar-refractivity contribution is 5.76. The van der Waals surface area contributed by atoms with Gasteiger partial charge in [0.2, 0.25) is 5.91 Å². The fourth-order valence-corrected chi connectivity index (χ4v) is 7.82. The first kappa shape index (κ1) is 34.0. The molecule has 0 unspecified atom stereocenters. The molecule has 2 aromatic rings. The minimum atomic E-state index is -0.220. The normalized spacial score (nSPS) is 20.5. The smallest absolute Gasteiger partial charge is 0.221 e. The summed E-state index contributed by atoms with van der Waals surface area (Å²) < 4.78 is 12.3. The third-order valence-corrected chi connectivity index (χ3v) is 10.6. The lowest BCUT2D eigenvalue weighted by atomic mass is 9.45. The van der Waals surface area contributed by atoms with Crippen LogP contribution in [0.4, 0.5) is 0 Å². The van der Waals surface area contributed by atoms with E-state index >= 15 is 0 Å². The highest BCUT2D eigenvalue weighted by Crippen LogP contribution is 2.65. The molecule has 0 radical (unpaired) electrons. The van der Waals surface area contributed by atoms with Gasteiger partial charge in [0.1, 0.15) is 11.5 Å². The quantitative estimate of drug-likeness (QED) is 0.0513. The molecule has 1 saturated carbocycles. The van der Waals surface area contributed by atoms with Gasteiger partial charge in [0, 0.05) is 42.3 Å². The van der Waals surface area contributed by atoms with Crippen molar-refractivity contribution in [1.82, 2.24) is 5.32 Å². The van der Waals surface area contributed by atoms with Gasteiger partial charge in [-0.1, -0.05) is 87.6 Å². The first-order chi connectivity index (χ1) is 21.6. The highest BCUT2D eigenvalue weighted by Gasteiger charge is 2.56. The maximum Gasteiger partial charge on any atom is 0.221 e. The Morgan fingerprint density at radius 2 is 1.84 bits per heavy atom. The number of azide groups is 1. The summed E-state index contributed by atoms with van der Waals surface area (Å²) in [6.07, 6.45) is 13.6. The van der Waals surface area contributed by atoms with Gasteiger partial charge in [0.25, 0.3) is 0 Å². The molecular weight excluding hydrogens is 560 g/mol. The van der Waals surface area contributed by atoms with Gasteiger partial charge < -0.3 is 14.8 Å². The third-order valence-electron chi connectivity index (χ3n) is 10.6. The summed E-state index contributed by atoms with van der Waals surface area (Å²) in [4.78, 5) is 15.3. The van der Waals surface area contributed by atoms with E-state index in [4.69, 9.17) is 21.4 Å². The van der Waals surface area contributed by atoms with E-state index in [9.17, 15) is 4.79 Å². The SMILES string of the molecule is C#CCCC(=O)NCC1=C[C@H](c2c(OC)cc(C(C)(C)[C@H](CCCCCN=[N+]=[N-])c3ccccc3)cc2OC)[C@@H]2C[C@H]1C2(C)C. The molecule has 2 bridgehead atoms. The molecule has 1 amide bonds. The Morgan fingerprint density at radius 1 is 1.16 bits per heavy atom. The number of hydrogen-bond acceptors (Lipinski definition) is 4. The molecule has 3 aliphatic carbocycles. The number of unbranched alkanes of at least 4 members (excludes halogenated alkanes) is 2. The first-order valence-electron chi connectivity index (χ1n) is 16.3. The number of nitrogens with zero attached hydrogens (tertiary/aromatic N) is 3. The largest absolute Gasteiger partial charge is 0.496 e. The van der Waals surface area contributed by atoms with Crippen molar-refractivity contribution in [2.75, 3.05) is 27.3 Å². The second kappa shape index (κ2) is 14.9. The summed E-state index contributed by atoms with van der Waals surface area (Å²) in [7, 11) is 3.50. The summed E-state index contributed by atoms with van der Waals surface area (Å²) >= 11 is 0. The minimum Gasteiger partial charge on any atom is -0.496 e. The van der Waals surface area contributed by atoms with Gasteiger partial charge in [-0.2, -0.15) is 0 Å². The van der Waals surface area contributed by atoms with Crippen molar-refractivity contribution in [1.29, 1.82) is 0 Å². The maximum absolute atomic E-state index is 12.4. The van der Waals surface area contributed by atoms with Gasteiger partial charge in [-0.25, -0.2) is 0 Å². The molecule has 2 aromatic carbocycles. The van der Waals surface area contributed by atoms with Crippen LogP contribution >= 0.6 is 0 Å². The zero-order valence-corrected chi connectivity index (χ0v) is 27.9. The molecular formula is C38H50N4O3. The number of fused-ring (bicyclic) bond motifs is 1. The van der Waals surface area contributed by atoms with Gasteiger partial charge in [0.05, 0.1) is 14.2 Å². The molecule has 45 heavy (non-hydrogen) atoms. The van der Waals surface area contributed by atoms with E-state index in [0.717, 1.165) is 49.2 Å². The molecule has 0 saturated heterocycles. The van der Waals surface area contributed by atoms with Gasteiger partial charge >= 0.3 is 0 Å². The Bertz CT molecular complexity index is 1420. The number of nitrogens with one attached hydrogen (secondary N) is 1. The number of carbonyl (C=O) groups excluding carboxylic acids is 1. The zero-order valence-electron chi connectivity index (χ0n) is 27.9. The third kappa shape index (κ3) is 7.34. The monoisotopic (exact) mass is 610 g/mol.